The number of nitrogens with zero attached hydrogens (tertiary/aromatic N) is 1. The van der Waals surface area contributed by atoms with Crippen molar-refractivity contribution < 1.29 is 9.59 Å². The van der Waals surface area contributed by atoms with Gasteiger partial charge in [0.25, 0.3) is 5.91 Å². The predicted molar refractivity (Wildman–Crippen MR) is 121 cm³/mol. The third-order valence-electron chi connectivity index (χ3n) is 4.61. The Hall–Kier alpha value is -2.44. The molecule has 0 unspecified atom stereocenters. The summed E-state index contributed by atoms with van der Waals surface area (Å²) in [5.74, 6) is 0.0693. The zero-order valence-corrected chi connectivity index (χ0v) is 18.2. The molecule has 0 spiro atoms. The highest BCUT2D eigenvalue weighted by Crippen LogP contribution is 2.18. The first-order valence-corrected chi connectivity index (χ1v) is 11.5. The van der Waals surface area contributed by atoms with E-state index in [0.717, 1.165) is 6.42 Å². The molecule has 3 rings (SSSR count). The van der Waals surface area contributed by atoms with Crippen molar-refractivity contribution in [2.75, 3.05) is 13.1 Å². The summed E-state index contributed by atoms with van der Waals surface area (Å²) < 4.78 is 0. The Morgan fingerprint density at radius 2 is 1.86 bits per heavy atom. The minimum absolute atomic E-state index is 0.0672. The molecule has 0 aliphatic heterocycles. The maximum Gasteiger partial charge on any atom is 0.261 e. The van der Waals surface area contributed by atoms with Crippen molar-refractivity contribution in [3.05, 3.63) is 80.2 Å². The molecule has 1 aromatic carbocycles. The summed E-state index contributed by atoms with van der Waals surface area (Å²) >= 11 is 3.16. The number of carbonyl (C=O) groups excluding carboxylic acids is 2. The summed E-state index contributed by atoms with van der Waals surface area (Å²) in [4.78, 5) is 30.0. The van der Waals surface area contributed by atoms with E-state index < -0.39 is 0 Å². The minimum Gasteiger partial charge on any atom is -0.351 e. The van der Waals surface area contributed by atoms with Crippen LogP contribution in [0.1, 0.15) is 37.8 Å². The fraction of sp³-hybridized carbons (Fsp3) is 0.304. The van der Waals surface area contributed by atoms with Gasteiger partial charge in [0.2, 0.25) is 5.91 Å². The van der Waals surface area contributed by atoms with E-state index in [4.69, 9.17) is 0 Å². The molecule has 2 amide bonds. The zero-order chi connectivity index (χ0) is 20.5. The van der Waals surface area contributed by atoms with Gasteiger partial charge < -0.3 is 10.2 Å². The van der Waals surface area contributed by atoms with Crippen LogP contribution in [0.5, 0.6) is 0 Å². The highest BCUT2D eigenvalue weighted by molar-refractivity contribution is 7.12. The van der Waals surface area contributed by atoms with Gasteiger partial charge in [-0.2, -0.15) is 0 Å². The van der Waals surface area contributed by atoms with Crippen molar-refractivity contribution in [1.82, 2.24) is 10.2 Å². The number of carbonyl (C=O) groups is 2. The van der Waals surface area contributed by atoms with Gasteiger partial charge in [0.1, 0.15) is 0 Å². The Kier molecular flexibility index (Phi) is 8.02. The van der Waals surface area contributed by atoms with Gasteiger partial charge in [-0.15, -0.1) is 22.7 Å². The van der Waals surface area contributed by atoms with Gasteiger partial charge in [-0.3, -0.25) is 9.59 Å². The van der Waals surface area contributed by atoms with Crippen LogP contribution in [0, 0.1) is 6.92 Å². The van der Waals surface area contributed by atoms with E-state index in [0.29, 0.717) is 37.4 Å². The molecule has 0 aliphatic carbocycles. The first kappa shape index (κ1) is 21.3. The SMILES string of the molecule is Cc1ccc(CN(CCc2ccccc2)C(=O)CCCNC(=O)c2cccs2)s1. The minimum atomic E-state index is -0.0672. The van der Waals surface area contributed by atoms with Crippen LogP contribution in [0.4, 0.5) is 0 Å². The van der Waals surface area contributed by atoms with Crippen molar-refractivity contribution in [3.63, 3.8) is 0 Å². The molecule has 6 heteroatoms. The standard InChI is InChI=1S/C23H26N2O2S2/c1-18-11-12-20(29-18)17-25(15-13-19-7-3-2-4-8-19)22(26)10-5-14-24-23(27)21-9-6-16-28-21/h2-4,6-9,11-12,16H,5,10,13-15,17H2,1H3,(H,24,27). The Labute approximate surface area is 180 Å². The van der Waals surface area contributed by atoms with Crippen LogP contribution in [0.2, 0.25) is 0 Å². The lowest BCUT2D eigenvalue weighted by atomic mass is 10.1. The molecule has 1 N–H and O–H groups in total. The molecule has 3 aromatic rings. The van der Waals surface area contributed by atoms with E-state index in [1.54, 1.807) is 17.4 Å². The molecule has 29 heavy (non-hydrogen) atoms. The van der Waals surface area contributed by atoms with E-state index in [9.17, 15) is 9.59 Å². The van der Waals surface area contributed by atoms with Gasteiger partial charge in [0.05, 0.1) is 11.4 Å². The molecule has 0 saturated carbocycles. The van der Waals surface area contributed by atoms with Gasteiger partial charge in [-0.05, 0) is 48.9 Å². The summed E-state index contributed by atoms with van der Waals surface area (Å²) in [6.45, 7) is 3.93. The number of benzene rings is 1. The van der Waals surface area contributed by atoms with Crippen LogP contribution < -0.4 is 5.32 Å². The number of thiophene rings is 2. The summed E-state index contributed by atoms with van der Waals surface area (Å²) in [6.07, 6.45) is 1.91. The number of amides is 2. The number of nitrogens with one attached hydrogen (secondary N) is 1. The Morgan fingerprint density at radius 1 is 1.03 bits per heavy atom. The van der Waals surface area contributed by atoms with Gasteiger partial charge in [-0.1, -0.05) is 36.4 Å². The molecule has 0 saturated heterocycles. The number of hydrogen-bond donors (Lipinski definition) is 1. The predicted octanol–water partition coefficient (Wildman–Crippen LogP) is 4.90. The van der Waals surface area contributed by atoms with Gasteiger partial charge in [0, 0.05) is 29.3 Å². The monoisotopic (exact) mass is 426 g/mol. The molecule has 152 valence electrons. The first-order chi connectivity index (χ1) is 14.1. The average molecular weight is 427 g/mol. The van der Waals surface area contributed by atoms with E-state index in [1.165, 1.54) is 26.7 Å². The molecule has 0 atom stereocenters. The second-order valence-corrected chi connectivity index (χ2v) is 9.22. The normalized spacial score (nSPS) is 10.7. The molecule has 0 bridgehead atoms. The highest BCUT2D eigenvalue weighted by atomic mass is 32.1. The van der Waals surface area contributed by atoms with Gasteiger partial charge in [-0.25, -0.2) is 0 Å². The largest absolute Gasteiger partial charge is 0.351 e. The highest BCUT2D eigenvalue weighted by Gasteiger charge is 2.15. The second-order valence-electron chi connectivity index (χ2n) is 6.90. The van der Waals surface area contributed by atoms with Crippen LogP contribution in [-0.2, 0) is 17.8 Å². The molecule has 0 aliphatic rings. The van der Waals surface area contributed by atoms with E-state index in [1.807, 2.05) is 34.5 Å². The summed E-state index contributed by atoms with van der Waals surface area (Å²) in [7, 11) is 0. The number of hydrogen-bond acceptors (Lipinski definition) is 4. The van der Waals surface area contributed by atoms with Crippen molar-refractivity contribution >= 4 is 34.5 Å². The molecule has 0 radical (unpaired) electrons. The molecule has 0 fully saturated rings. The smallest absolute Gasteiger partial charge is 0.261 e. The fourth-order valence-corrected chi connectivity index (χ4v) is 4.60. The molecular formula is C23H26N2O2S2. The van der Waals surface area contributed by atoms with Crippen LogP contribution in [0.15, 0.2) is 60.0 Å². The lowest BCUT2D eigenvalue weighted by Crippen LogP contribution is -2.33. The number of aryl methyl sites for hydroxylation is 1. The van der Waals surface area contributed by atoms with Crippen LogP contribution in [0.3, 0.4) is 0 Å². The topological polar surface area (TPSA) is 49.4 Å². The first-order valence-electron chi connectivity index (χ1n) is 9.80. The van der Waals surface area contributed by atoms with Crippen LogP contribution in [-0.4, -0.2) is 29.8 Å². The number of rotatable bonds is 10. The lowest BCUT2D eigenvalue weighted by molar-refractivity contribution is -0.131. The zero-order valence-electron chi connectivity index (χ0n) is 16.6. The Bertz CT molecular complexity index is 904. The average Bonchev–Trinajstić information content (AvgIpc) is 3.41. The Morgan fingerprint density at radius 3 is 2.55 bits per heavy atom. The maximum absolute atomic E-state index is 12.9. The van der Waals surface area contributed by atoms with Gasteiger partial charge in [0.15, 0.2) is 0 Å². The lowest BCUT2D eigenvalue weighted by Gasteiger charge is -2.22. The second kappa shape index (κ2) is 10.9. The van der Waals surface area contributed by atoms with Crippen molar-refractivity contribution in [3.8, 4) is 0 Å². The maximum atomic E-state index is 12.9. The van der Waals surface area contributed by atoms with Crippen molar-refractivity contribution in [1.29, 1.82) is 0 Å². The van der Waals surface area contributed by atoms with Crippen LogP contribution in [0.25, 0.3) is 0 Å². The summed E-state index contributed by atoms with van der Waals surface area (Å²) in [5, 5.41) is 4.78. The van der Waals surface area contributed by atoms with Crippen molar-refractivity contribution in [2.24, 2.45) is 0 Å². The van der Waals surface area contributed by atoms with E-state index >= 15 is 0 Å². The molecule has 2 aromatic heterocycles. The molecule has 2 heterocycles. The fourth-order valence-electron chi connectivity index (χ4n) is 3.05. The van der Waals surface area contributed by atoms with E-state index in [-0.39, 0.29) is 11.8 Å². The van der Waals surface area contributed by atoms with Crippen molar-refractivity contribution in [2.45, 2.75) is 32.7 Å². The summed E-state index contributed by atoms with van der Waals surface area (Å²) in [5.41, 5.74) is 1.23. The van der Waals surface area contributed by atoms with E-state index in [2.05, 4.69) is 36.5 Å². The summed E-state index contributed by atoms with van der Waals surface area (Å²) in [6, 6.07) is 18.1. The molecule has 4 nitrogen and oxygen atoms in total. The molecular weight excluding hydrogens is 400 g/mol. The van der Waals surface area contributed by atoms with Gasteiger partial charge >= 0.3 is 0 Å². The van der Waals surface area contributed by atoms with Crippen LogP contribution >= 0.6 is 22.7 Å². The quantitative estimate of drug-likeness (QED) is 0.469. The Balaban J connectivity index is 1.51. The third kappa shape index (κ3) is 6.84. The third-order valence-corrected chi connectivity index (χ3v) is 6.46.